The maximum Gasteiger partial charge on any atom is 0.198 e. The van der Waals surface area contributed by atoms with Gasteiger partial charge in [-0.25, -0.2) is 0 Å². The number of fused-ring (bicyclic) bond motifs is 4. The van der Waals surface area contributed by atoms with E-state index in [0.717, 1.165) is 54.2 Å². The standard InChI is InChI=1S/C68H64O4/c1-35(2)47-31-51(37(5)6)63(52(32-47)38(7)8)55-29-45(61-65(69)57-25-41-17-13-14-18-42(41)26-58(57)66(61)70)21-23-49(55)50-24-22-46(62-67(71)59-27-43-19-15-16-20-44(43)28-60(59)68(62)72)30-56(50)64-53(39(9)10)33-48(36(3)4)34-54(64)40(11)12/h13-40H,1-12H3/b50-49+. The molecule has 0 atom stereocenters. The van der Waals surface area contributed by atoms with Gasteiger partial charge >= 0.3 is 0 Å². The fourth-order valence-corrected chi connectivity index (χ4v) is 11.3. The second kappa shape index (κ2) is 18.4. The van der Waals surface area contributed by atoms with Crippen LogP contribution in [0.25, 0.3) is 54.9 Å². The van der Waals surface area contributed by atoms with Crippen molar-refractivity contribution < 1.29 is 19.2 Å². The van der Waals surface area contributed by atoms with Gasteiger partial charge in [-0.1, -0.05) is 180 Å². The van der Waals surface area contributed by atoms with E-state index >= 15 is 0 Å². The smallest absolute Gasteiger partial charge is 0.198 e. The third kappa shape index (κ3) is 8.00. The van der Waals surface area contributed by atoms with Gasteiger partial charge in [0.05, 0.1) is 11.1 Å². The SMILES string of the molecule is CC(C)c1cc(C(C)C)c(-c2cc(=C3C(=O)c4cc5ccccc5cc4C3=O)cc/c2=c2/ccc(=C3C(=O)c4cc5ccccc5cc4C3=O)cc2-c2c(C(C)C)cc(C(C)C)cc2C(C)C)c(C(C)C)c1. The molecule has 2 aliphatic rings. The van der Waals surface area contributed by atoms with Crippen molar-refractivity contribution in [2.45, 2.75) is 119 Å². The summed E-state index contributed by atoms with van der Waals surface area (Å²) in [6.45, 7) is 26.9. The van der Waals surface area contributed by atoms with Crippen LogP contribution in [-0.4, -0.2) is 23.1 Å². The Hall–Kier alpha value is -7.30. The largest absolute Gasteiger partial charge is 0.288 e. The van der Waals surface area contributed by atoms with Crippen molar-refractivity contribution in [3.05, 3.63) is 210 Å². The molecule has 0 heterocycles. The van der Waals surface area contributed by atoms with E-state index in [9.17, 15) is 19.2 Å². The number of benzene rings is 8. The fraction of sp³-hybridized carbons (Fsp3) is 0.265. The van der Waals surface area contributed by atoms with Crippen LogP contribution in [0, 0.1) is 10.4 Å². The van der Waals surface area contributed by atoms with Crippen LogP contribution in [0.1, 0.15) is 193 Å². The molecule has 0 spiro atoms. The van der Waals surface area contributed by atoms with E-state index in [2.05, 4.69) is 132 Å². The fourth-order valence-electron chi connectivity index (χ4n) is 11.3. The molecule has 0 fully saturated rings. The van der Waals surface area contributed by atoms with Crippen LogP contribution in [-0.2, 0) is 0 Å². The van der Waals surface area contributed by atoms with E-state index < -0.39 is 0 Å². The maximum absolute atomic E-state index is 14.7. The first kappa shape index (κ1) is 48.3. The molecule has 0 bridgehead atoms. The van der Waals surface area contributed by atoms with Crippen LogP contribution >= 0.6 is 0 Å². The third-order valence-electron chi connectivity index (χ3n) is 15.4. The highest BCUT2D eigenvalue weighted by Crippen LogP contribution is 2.43. The van der Waals surface area contributed by atoms with E-state index in [4.69, 9.17) is 0 Å². The number of Topliss-reactive ketones (excluding diaryl/α,β-unsaturated/α-hetero) is 4. The highest BCUT2D eigenvalue weighted by atomic mass is 16.2. The lowest BCUT2D eigenvalue weighted by atomic mass is 9.79. The zero-order chi connectivity index (χ0) is 51.2. The van der Waals surface area contributed by atoms with E-state index in [1.165, 1.54) is 33.4 Å². The van der Waals surface area contributed by atoms with Gasteiger partial charge in [0, 0.05) is 22.3 Å². The lowest BCUT2D eigenvalue weighted by molar-refractivity contribution is 0.101. The monoisotopic (exact) mass is 944 g/mol. The van der Waals surface area contributed by atoms with Crippen LogP contribution in [0.15, 0.2) is 133 Å². The lowest BCUT2D eigenvalue weighted by Gasteiger charge is -2.25. The van der Waals surface area contributed by atoms with E-state index in [1.54, 1.807) is 0 Å². The molecule has 4 heteroatoms. The predicted molar refractivity (Wildman–Crippen MR) is 297 cm³/mol. The Bertz CT molecular complexity index is 3470. The molecule has 0 aliphatic heterocycles. The number of hydrogen-bond donors (Lipinski definition) is 0. The van der Waals surface area contributed by atoms with Crippen molar-refractivity contribution >= 4 is 55.8 Å². The lowest BCUT2D eigenvalue weighted by Crippen LogP contribution is -2.16. The molecule has 8 aromatic rings. The molecule has 0 saturated heterocycles. The van der Waals surface area contributed by atoms with Crippen LogP contribution in [0.5, 0.6) is 0 Å². The van der Waals surface area contributed by atoms with Gasteiger partial charge in [0.2, 0.25) is 0 Å². The molecular formula is C68H64O4. The topological polar surface area (TPSA) is 68.3 Å². The van der Waals surface area contributed by atoms with Gasteiger partial charge < -0.3 is 0 Å². The summed E-state index contributed by atoms with van der Waals surface area (Å²) in [5.41, 5.74) is 13.4. The minimum Gasteiger partial charge on any atom is -0.288 e. The van der Waals surface area contributed by atoms with Gasteiger partial charge in [-0.3, -0.25) is 19.2 Å². The van der Waals surface area contributed by atoms with Crippen molar-refractivity contribution in [3.63, 3.8) is 0 Å². The molecule has 0 aromatic heterocycles. The zero-order valence-corrected chi connectivity index (χ0v) is 43.8. The van der Waals surface area contributed by atoms with Gasteiger partial charge in [0.15, 0.2) is 23.1 Å². The first-order valence-corrected chi connectivity index (χ1v) is 26.0. The number of ketones is 4. The van der Waals surface area contributed by atoms with Crippen LogP contribution in [0.3, 0.4) is 0 Å². The van der Waals surface area contributed by atoms with Gasteiger partial charge in [0.1, 0.15) is 0 Å². The Labute approximate surface area is 423 Å². The van der Waals surface area contributed by atoms with Gasteiger partial charge in [0.25, 0.3) is 0 Å². The predicted octanol–water partition coefficient (Wildman–Crippen LogP) is 15.8. The van der Waals surface area contributed by atoms with Crippen molar-refractivity contribution in [2.75, 3.05) is 0 Å². The second-order valence-corrected chi connectivity index (χ2v) is 22.2. The number of carbonyl (C=O) groups is 4. The van der Waals surface area contributed by atoms with Crippen molar-refractivity contribution in [2.24, 2.45) is 0 Å². The summed E-state index contributed by atoms with van der Waals surface area (Å²) in [5.74, 6) is 0.0405. The molecule has 0 N–H and O–H groups in total. The molecule has 72 heavy (non-hydrogen) atoms. The second-order valence-electron chi connectivity index (χ2n) is 22.2. The summed E-state index contributed by atoms with van der Waals surface area (Å²) in [7, 11) is 0. The first-order valence-electron chi connectivity index (χ1n) is 26.0. The first-order chi connectivity index (χ1) is 34.3. The minimum atomic E-state index is -0.266. The summed E-state index contributed by atoms with van der Waals surface area (Å²) in [4.78, 5) is 58.8. The number of rotatable bonds is 8. The van der Waals surface area contributed by atoms with Crippen molar-refractivity contribution in [1.82, 2.24) is 0 Å². The molecule has 0 amide bonds. The number of hydrogen-bond acceptors (Lipinski definition) is 4. The Morgan fingerprint density at radius 3 is 0.778 bits per heavy atom. The summed E-state index contributed by atoms with van der Waals surface area (Å²) in [6, 6.07) is 44.9. The van der Waals surface area contributed by atoms with E-state index in [1.807, 2.05) is 84.9 Å². The van der Waals surface area contributed by atoms with Gasteiger partial charge in [-0.05, 0) is 170 Å². The molecule has 0 unspecified atom stereocenters. The summed E-state index contributed by atoms with van der Waals surface area (Å²) in [5, 5.41) is 6.69. The van der Waals surface area contributed by atoms with Crippen molar-refractivity contribution in [3.8, 4) is 22.3 Å². The Morgan fingerprint density at radius 1 is 0.278 bits per heavy atom. The Balaban J connectivity index is 1.40. The minimum absolute atomic E-state index is 0.131. The third-order valence-corrected chi connectivity index (χ3v) is 15.4. The molecule has 4 nitrogen and oxygen atoms in total. The molecule has 8 aromatic carbocycles. The highest BCUT2D eigenvalue weighted by Gasteiger charge is 2.36. The maximum atomic E-state index is 14.7. The normalized spacial score (nSPS) is 14.3. The molecule has 0 radical (unpaired) electrons. The molecule has 10 rings (SSSR count). The van der Waals surface area contributed by atoms with E-state index in [0.29, 0.717) is 32.7 Å². The Morgan fingerprint density at radius 2 is 0.542 bits per heavy atom. The zero-order valence-electron chi connectivity index (χ0n) is 43.8. The van der Waals surface area contributed by atoms with Crippen LogP contribution < -0.4 is 10.4 Å². The number of carbonyl (C=O) groups excluding carboxylic acids is 4. The average molecular weight is 945 g/mol. The molecular weight excluding hydrogens is 881 g/mol. The average Bonchev–Trinajstić information content (AvgIpc) is 3.75. The van der Waals surface area contributed by atoms with Crippen LogP contribution in [0.2, 0.25) is 0 Å². The highest BCUT2D eigenvalue weighted by molar-refractivity contribution is 6.57. The molecule has 2 aliphatic carbocycles. The summed E-state index contributed by atoms with van der Waals surface area (Å²) >= 11 is 0. The quantitative estimate of drug-likeness (QED) is 0.152. The van der Waals surface area contributed by atoms with E-state index in [-0.39, 0.29) is 69.8 Å². The van der Waals surface area contributed by atoms with Gasteiger partial charge in [-0.15, -0.1) is 0 Å². The molecule has 360 valence electrons. The van der Waals surface area contributed by atoms with Crippen molar-refractivity contribution in [1.29, 1.82) is 0 Å². The van der Waals surface area contributed by atoms with Crippen LogP contribution in [0.4, 0.5) is 0 Å². The summed E-state index contributed by atoms with van der Waals surface area (Å²) < 4.78 is 0. The molecule has 0 saturated carbocycles. The van der Waals surface area contributed by atoms with Gasteiger partial charge in [-0.2, -0.15) is 0 Å². The summed E-state index contributed by atoms with van der Waals surface area (Å²) in [6.07, 6.45) is 0. The Kier molecular flexibility index (Phi) is 12.3.